The van der Waals surface area contributed by atoms with Crippen molar-refractivity contribution in [1.82, 2.24) is 0 Å². The highest BCUT2D eigenvalue weighted by Crippen LogP contribution is 2.32. The molecule has 0 radical (unpaired) electrons. The summed E-state index contributed by atoms with van der Waals surface area (Å²) in [5.41, 5.74) is 8.66. The topological polar surface area (TPSA) is 26.0 Å². The molecule has 0 bridgehead atoms. The summed E-state index contributed by atoms with van der Waals surface area (Å²) in [5, 5.41) is 0.0712. The van der Waals surface area contributed by atoms with Crippen molar-refractivity contribution in [3.05, 3.63) is 68.4 Å². The molecule has 2 aromatic carbocycles. The fourth-order valence-electron chi connectivity index (χ4n) is 2.11. The van der Waals surface area contributed by atoms with Gasteiger partial charge in [-0.3, -0.25) is 0 Å². The van der Waals surface area contributed by atoms with Gasteiger partial charge in [0.15, 0.2) is 0 Å². The van der Waals surface area contributed by atoms with E-state index in [4.69, 9.17) is 17.3 Å². The highest BCUT2D eigenvalue weighted by Gasteiger charge is 2.19. The predicted octanol–water partition coefficient (Wildman–Crippen LogP) is 4.85. The van der Waals surface area contributed by atoms with E-state index in [-0.39, 0.29) is 5.02 Å². The van der Waals surface area contributed by atoms with Gasteiger partial charge in [-0.2, -0.15) is 0 Å². The highest BCUT2D eigenvalue weighted by atomic mass is 79.9. The summed E-state index contributed by atoms with van der Waals surface area (Å²) in [5.74, 6) is -0.463. The van der Waals surface area contributed by atoms with Crippen LogP contribution >= 0.6 is 27.5 Å². The average molecular weight is 343 g/mol. The van der Waals surface area contributed by atoms with E-state index in [1.807, 2.05) is 24.3 Å². The van der Waals surface area contributed by atoms with Crippen LogP contribution in [0.25, 0.3) is 0 Å². The van der Waals surface area contributed by atoms with Crippen molar-refractivity contribution < 1.29 is 4.39 Å². The van der Waals surface area contributed by atoms with Crippen LogP contribution in [0.15, 0.2) is 40.9 Å². The Morgan fingerprint density at radius 1 is 1.21 bits per heavy atom. The van der Waals surface area contributed by atoms with Gasteiger partial charge in [0, 0.05) is 10.0 Å². The summed E-state index contributed by atoms with van der Waals surface area (Å²) in [6.45, 7) is 2.05. The first-order valence-electron chi connectivity index (χ1n) is 6.03. The number of hydrogen-bond acceptors (Lipinski definition) is 1. The lowest BCUT2D eigenvalue weighted by molar-refractivity contribution is 0.598. The van der Waals surface area contributed by atoms with E-state index in [0.717, 1.165) is 17.5 Å². The summed E-state index contributed by atoms with van der Waals surface area (Å²) < 4.78 is 14.7. The van der Waals surface area contributed by atoms with Gasteiger partial charge in [0.2, 0.25) is 0 Å². The molecule has 0 amide bonds. The van der Waals surface area contributed by atoms with Gasteiger partial charge in [0.25, 0.3) is 0 Å². The van der Waals surface area contributed by atoms with E-state index >= 15 is 0 Å². The van der Waals surface area contributed by atoms with E-state index in [1.54, 1.807) is 12.1 Å². The number of halogens is 3. The molecule has 0 fully saturated rings. The molecule has 0 spiro atoms. The van der Waals surface area contributed by atoms with Gasteiger partial charge in [0.05, 0.1) is 11.1 Å². The molecule has 100 valence electrons. The van der Waals surface area contributed by atoms with Crippen molar-refractivity contribution in [2.24, 2.45) is 5.73 Å². The first-order chi connectivity index (χ1) is 9.06. The van der Waals surface area contributed by atoms with Crippen LogP contribution in [0.5, 0.6) is 0 Å². The van der Waals surface area contributed by atoms with Crippen molar-refractivity contribution in [3.8, 4) is 0 Å². The zero-order valence-corrected chi connectivity index (χ0v) is 12.8. The first-order valence-corrected chi connectivity index (χ1v) is 7.20. The maximum absolute atomic E-state index is 14.2. The van der Waals surface area contributed by atoms with Crippen molar-refractivity contribution in [3.63, 3.8) is 0 Å². The Morgan fingerprint density at radius 3 is 2.58 bits per heavy atom. The predicted molar refractivity (Wildman–Crippen MR) is 81.0 cm³/mol. The number of nitrogens with two attached hydrogens (primary N) is 1. The first kappa shape index (κ1) is 14.5. The van der Waals surface area contributed by atoms with Crippen LogP contribution in [0.4, 0.5) is 4.39 Å². The van der Waals surface area contributed by atoms with Crippen molar-refractivity contribution >= 4 is 27.5 Å². The molecule has 1 atom stereocenters. The van der Waals surface area contributed by atoms with Gasteiger partial charge in [-0.15, -0.1) is 0 Å². The molecule has 0 aromatic heterocycles. The lowest BCUT2D eigenvalue weighted by Crippen LogP contribution is -2.15. The van der Waals surface area contributed by atoms with Crippen molar-refractivity contribution in [1.29, 1.82) is 0 Å². The molecule has 1 nitrogen and oxygen atoms in total. The maximum atomic E-state index is 14.2. The minimum absolute atomic E-state index is 0.0712. The Morgan fingerprint density at radius 2 is 1.89 bits per heavy atom. The second-order valence-corrected chi connectivity index (χ2v) is 5.53. The number of hydrogen-bond donors (Lipinski definition) is 1. The molecule has 0 saturated heterocycles. The van der Waals surface area contributed by atoms with Gasteiger partial charge in [-0.05, 0) is 39.5 Å². The minimum Gasteiger partial charge on any atom is -0.320 e. The SMILES string of the molecule is CCc1ccccc1C(N)c1ccc(Br)c(Cl)c1F. The summed E-state index contributed by atoms with van der Waals surface area (Å²) in [7, 11) is 0. The summed E-state index contributed by atoms with van der Waals surface area (Å²) in [4.78, 5) is 0. The lowest BCUT2D eigenvalue weighted by atomic mass is 9.94. The molecule has 0 heterocycles. The third kappa shape index (κ3) is 2.83. The Labute approximate surface area is 125 Å². The molecule has 0 aliphatic carbocycles. The Bertz CT molecular complexity index is 601. The van der Waals surface area contributed by atoms with Crippen LogP contribution in [0.3, 0.4) is 0 Å². The molecule has 2 rings (SSSR count). The molecule has 19 heavy (non-hydrogen) atoms. The largest absolute Gasteiger partial charge is 0.320 e. The van der Waals surface area contributed by atoms with Crippen molar-refractivity contribution in [2.45, 2.75) is 19.4 Å². The van der Waals surface area contributed by atoms with E-state index in [9.17, 15) is 4.39 Å². The fraction of sp³-hybridized carbons (Fsp3) is 0.200. The number of rotatable bonds is 3. The van der Waals surface area contributed by atoms with E-state index in [2.05, 4.69) is 22.9 Å². The lowest BCUT2D eigenvalue weighted by Gasteiger charge is -2.17. The third-order valence-electron chi connectivity index (χ3n) is 3.17. The summed E-state index contributed by atoms with van der Waals surface area (Å²) >= 11 is 9.11. The second kappa shape index (κ2) is 6.04. The van der Waals surface area contributed by atoms with Crippen LogP contribution in [-0.2, 0) is 6.42 Å². The molecule has 2 N–H and O–H groups in total. The monoisotopic (exact) mass is 341 g/mol. The summed E-state index contributed by atoms with van der Waals surface area (Å²) in [6.07, 6.45) is 0.857. The van der Waals surface area contributed by atoms with Crippen LogP contribution in [0, 0.1) is 5.82 Å². The minimum atomic E-state index is -0.512. The second-order valence-electron chi connectivity index (χ2n) is 4.29. The van der Waals surface area contributed by atoms with Crippen LogP contribution in [0.2, 0.25) is 5.02 Å². The molecular formula is C15H14BrClFN. The molecule has 4 heteroatoms. The normalized spacial score (nSPS) is 12.5. The smallest absolute Gasteiger partial charge is 0.148 e. The quantitative estimate of drug-likeness (QED) is 0.793. The van der Waals surface area contributed by atoms with Crippen LogP contribution in [-0.4, -0.2) is 0 Å². The van der Waals surface area contributed by atoms with Crippen molar-refractivity contribution in [2.75, 3.05) is 0 Å². The molecule has 0 saturated carbocycles. The fourth-order valence-corrected chi connectivity index (χ4v) is 2.59. The standard InChI is InChI=1S/C15H14BrClFN/c1-2-9-5-3-4-6-10(9)15(19)11-7-8-12(16)13(17)14(11)18/h3-8,15H,2,19H2,1H3. The zero-order chi connectivity index (χ0) is 14.0. The molecule has 0 aliphatic heterocycles. The molecule has 2 aromatic rings. The Balaban J connectivity index is 2.50. The highest BCUT2D eigenvalue weighted by molar-refractivity contribution is 9.10. The van der Waals surface area contributed by atoms with Crippen LogP contribution < -0.4 is 5.73 Å². The van der Waals surface area contributed by atoms with Gasteiger partial charge in [-0.1, -0.05) is 48.9 Å². The van der Waals surface area contributed by atoms with Gasteiger partial charge >= 0.3 is 0 Å². The van der Waals surface area contributed by atoms with E-state index in [0.29, 0.717) is 10.0 Å². The van der Waals surface area contributed by atoms with Gasteiger partial charge in [0.1, 0.15) is 5.82 Å². The Hall–Kier alpha value is -0.900. The third-order valence-corrected chi connectivity index (χ3v) is 4.43. The molecule has 0 aliphatic rings. The summed E-state index contributed by atoms with van der Waals surface area (Å²) in [6, 6.07) is 10.7. The van der Waals surface area contributed by atoms with Gasteiger partial charge < -0.3 is 5.73 Å². The van der Waals surface area contributed by atoms with E-state index < -0.39 is 11.9 Å². The number of benzene rings is 2. The zero-order valence-electron chi connectivity index (χ0n) is 10.5. The average Bonchev–Trinajstić information content (AvgIpc) is 2.44. The molecular weight excluding hydrogens is 329 g/mol. The Kier molecular flexibility index (Phi) is 4.61. The van der Waals surface area contributed by atoms with Crippen LogP contribution in [0.1, 0.15) is 29.7 Å². The van der Waals surface area contributed by atoms with E-state index in [1.165, 1.54) is 0 Å². The van der Waals surface area contributed by atoms with Gasteiger partial charge in [-0.25, -0.2) is 4.39 Å². The molecule has 1 unspecified atom stereocenters. The number of aryl methyl sites for hydroxylation is 1. The maximum Gasteiger partial charge on any atom is 0.148 e.